The second-order valence-corrected chi connectivity index (χ2v) is 5.43. The van der Waals surface area contributed by atoms with Gasteiger partial charge in [-0.25, -0.2) is 9.37 Å². The van der Waals surface area contributed by atoms with Gasteiger partial charge in [-0.1, -0.05) is 6.07 Å². The minimum absolute atomic E-state index is 0.213. The summed E-state index contributed by atoms with van der Waals surface area (Å²) >= 11 is 0. The Balaban J connectivity index is 1.74. The van der Waals surface area contributed by atoms with Gasteiger partial charge in [0.15, 0.2) is 11.6 Å². The predicted molar refractivity (Wildman–Crippen MR) is 88.6 cm³/mol. The number of hydrogen-bond acceptors (Lipinski definition) is 3. The van der Waals surface area contributed by atoms with Crippen LogP contribution in [0.25, 0.3) is 5.65 Å². The number of rotatable bonds is 5. The lowest BCUT2D eigenvalue weighted by atomic mass is 10.1. The van der Waals surface area contributed by atoms with E-state index in [4.69, 9.17) is 4.74 Å². The fourth-order valence-corrected chi connectivity index (χ4v) is 2.48. The van der Waals surface area contributed by atoms with Gasteiger partial charge in [0.1, 0.15) is 5.65 Å². The van der Waals surface area contributed by atoms with Gasteiger partial charge in [0, 0.05) is 18.6 Å². The van der Waals surface area contributed by atoms with E-state index in [1.807, 2.05) is 6.92 Å². The third kappa shape index (κ3) is 3.22. The van der Waals surface area contributed by atoms with Crippen LogP contribution in [0.4, 0.5) is 4.39 Å². The summed E-state index contributed by atoms with van der Waals surface area (Å²) in [6, 6.07) is 7.86. The highest BCUT2D eigenvalue weighted by Crippen LogP contribution is 2.22. The molecule has 1 unspecified atom stereocenters. The van der Waals surface area contributed by atoms with Crippen molar-refractivity contribution in [1.29, 1.82) is 0 Å². The van der Waals surface area contributed by atoms with Gasteiger partial charge in [0.25, 0.3) is 5.91 Å². The van der Waals surface area contributed by atoms with Gasteiger partial charge in [-0.05, 0) is 43.7 Å². The average molecular weight is 327 g/mol. The Labute approximate surface area is 139 Å². The largest absolute Gasteiger partial charge is 0.491 e. The van der Waals surface area contributed by atoms with Crippen molar-refractivity contribution in [2.45, 2.75) is 19.9 Å². The van der Waals surface area contributed by atoms with Crippen molar-refractivity contribution < 1.29 is 13.9 Å². The Morgan fingerprint density at radius 2 is 2.21 bits per heavy atom. The van der Waals surface area contributed by atoms with Gasteiger partial charge in [0.05, 0.1) is 18.2 Å². The van der Waals surface area contributed by atoms with Crippen LogP contribution in [0.2, 0.25) is 0 Å². The number of halogens is 1. The second-order valence-electron chi connectivity index (χ2n) is 5.43. The van der Waals surface area contributed by atoms with Crippen molar-refractivity contribution in [2.24, 2.45) is 0 Å². The second kappa shape index (κ2) is 6.70. The molecule has 24 heavy (non-hydrogen) atoms. The van der Waals surface area contributed by atoms with E-state index >= 15 is 0 Å². The van der Waals surface area contributed by atoms with E-state index in [1.54, 1.807) is 54.2 Å². The molecule has 0 aliphatic rings. The van der Waals surface area contributed by atoms with Crippen LogP contribution in [0.15, 0.2) is 48.9 Å². The fourth-order valence-electron chi connectivity index (χ4n) is 2.48. The zero-order chi connectivity index (χ0) is 17.1. The number of carbonyl (C=O) groups is 1. The van der Waals surface area contributed by atoms with Gasteiger partial charge in [-0.2, -0.15) is 0 Å². The Hall–Kier alpha value is -2.89. The van der Waals surface area contributed by atoms with Gasteiger partial charge < -0.3 is 14.5 Å². The number of aromatic nitrogens is 2. The Bertz CT molecular complexity index is 876. The van der Waals surface area contributed by atoms with Crippen molar-refractivity contribution in [3.63, 3.8) is 0 Å². The molecule has 2 heterocycles. The highest BCUT2D eigenvalue weighted by atomic mass is 19.1. The predicted octanol–water partition coefficient (Wildman–Crippen LogP) is 3.36. The van der Waals surface area contributed by atoms with E-state index in [2.05, 4.69) is 10.3 Å². The molecule has 0 aliphatic heterocycles. The molecule has 5 nitrogen and oxygen atoms in total. The molecule has 0 saturated heterocycles. The molecule has 0 aliphatic carbocycles. The summed E-state index contributed by atoms with van der Waals surface area (Å²) < 4.78 is 20.9. The molecule has 124 valence electrons. The highest BCUT2D eigenvalue weighted by molar-refractivity contribution is 5.94. The first-order valence-corrected chi connectivity index (χ1v) is 7.74. The summed E-state index contributed by atoms with van der Waals surface area (Å²) in [6.07, 6.45) is 5.16. The van der Waals surface area contributed by atoms with Gasteiger partial charge in [-0.3, -0.25) is 4.79 Å². The Morgan fingerprint density at radius 3 is 2.96 bits per heavy atom. The Morgan fingerprint density at radius 1 is 1.38 bits per heavy atom. The number of nitrogens with one attached hydrogen (secondary N) is 1. The van der Waals surface area contributed by atoms with Crippen LogP contribution in [-0.2, 0) is 0 Å². The Kier molecular flexibility index (Phi) is 4.46. The first kappa shape index (κ1) is 16.0. The zero-order valence-electron chi connectivity index (χ0n) is 13.5. The quantitative estimate of drug-likeness (QED) is 0.782. The van der Waals surface area contributed by atoms with Crippen molar-refractivity contribution in [3.8, 4) is 5.75 Å². The molecule has 1 aromatic carbocycles. The lowest BCUT2D eigenvalue weighted by Gasteiger charge is -2.15. The van der Waals surface area contributed by atoms with Crippen molar-refractivity contribution in [2.75, 3.05) is 6.61 Å². The van der Waals surface area contributed by atoms with Crippen molar-refractivity contribution in [3.05, 3.63) is 65.9 Å². The van der Waals surface area contributed by atoms with E-state index in [1.165, 1.54) is 6.07 Å². The molecule has 1 atom stereocenters. The summed E-state index contributed by atoms with van der Waals surface area (Å²) in [5.74, 6) is -0.451. The molecule has 3 aromatic rings. The number of amides is 1. The van der Waals surface area contributed by atoms with E-state index < -0.39 is 5.82 Å². The van der Waals surface area contributed by atoms with E-state index in [9.17, 15) is 9.18 Å². The summed E-state index contributed by atoms with van der Waals surface area (Å²) in [5.41, 5.74) is 1.96. The molecule has 0 fully saturated rings. The summed E-state index contributed by atoms with van der Waals surface area (Å²) in [5, 5.41) is 2.87. The molecular weight excluding hydrogens is 309 g/mol. The first-order chi connectivity index (χ1) is 11.6. The molecule has 6 heteroatoms. The van der Waals surface area contributed by atoms with Gasteiger partial charge in [-0.15, -0.1) is 0 Å². The number of imidazole rings is 1. The lowest BCUT2D eigenvalue weighted by Crippen LogP contribution is -2.27. The molecule has 0 saturated carbocycles. The summed E-state index contributed by atoms with van der Waals surface area (Å²) in [6.45, 7) is 4.01. The number of benzene rings is 1. The van der Waals surface area contributed by atoms with Crippen LogP contribution in [0.1, 0.15) is 35.8 Å². The molecule has 0 bridgehead atoms. The van der Waals surface area contributed by atoms with Crippen LogP contribution in [0.5, 0.6) is 5.75 Å². The van der Waals surface area contributed by atoms with Crippen LogP contribution in [-0.4, -0.2) is 21.9 Å². The SMILES string of the molecule is CCOc1ccc(C(C)NC(=O)c2ccc3nccn3c2)cc1F. The number of ether oxygens (including phenoxy) is 1. The normalized spacial score (nSPS) is 12.1. The standard InChI is InChI=1S/C18H18FN3O2/c1-3-24-16-6-4-13(10-15(16)19)12(2)21-18(23)14-5-7-17-20-8-9-22(17)11-14/h4-12H,3H2,1-2H3,(H,21,23). The molecule has 2 aromatic heterocycles. The third-order valence-electron chi connectivity index (χ3n) is 3.75. The van der Waals surface area contributed by atoms with Crippen LogP contribution >= 0.6 is 0 Å². The maximum absolute atomic E-state index is 13.9. The topological polar surface area (TPSA) is 55.6 Å². The fraction of sp³-hybridized carbons (Fsp3) is 0.222. The van der Waals surface area contributed by atoms with Crippen LogP contribution < -0.4 is 10.1 Å². The van der Waals surface area contributed by atoms with Crippen molar-refractivity contribution >= 4 is 11.6 Å². The smallest absolute Gasteiger partial charge is 0.253 e. The average Bonchev–Trinajstić information content (AvgIpc) is 3.04. The van der Waals surface area contributed by atoms with E-state index in [-0.39, 0.29) is 17.7 Å². The third-order valence-corrected chi connectivity index (χ3v) is 3.75. The number of nitrogens with zero attached hydrogens (tertiary/aromatic N) is 2. The zero-order valence-corrected chi connectivity index (χ0v) is 13.5. The maximum atomic E-state index is 13.9. The molecule has 3 rings (SSSR count). The first-order valence-electron chi connectivity index (χ1n) is 7.74. The maximum Gasteiger partial charge on any atom is 0.253 e. The van der Waals surface area contributed by atoms with E-state index in [0.29, 0.717) is 17.7 Å². The van der Waals surface area contributed by atoms with Crippen molar-refractivity contribution in [1.82, 2.24) is 14.7 Å². The molecule has 0 spiro atoms. The van der Waals surface area contributed by atoms with Gasteiger partial charge in [0.2, 0.25) is 0 Å². The summed E-state index contributed by atoms with van der Waals surface area (Å²) in [7, 11) is 0. The minimum Gasteiger partial charge on any atom is -0.491 e. The van der Waals surface area contributed by atoms with E-state index in [0.717, 1.165) is 5.65 Å². The monoisotopic (exact) mass is 327 g/mol. The minimum atomic E-state index is -0.435. The molecule has 0 radical (unpaired) electrons. The number of carbonyl (C=O) groups excluding carboxylic acids is 1. The number of pyridine rings is 1. The lowest BCUT2D eigenvalue weighted by molar-refractivity contribution is 0.0939. The number of fused-ring (bicyclic) bond motifs is 1. The molecule has 1 amide bonds. The van der Waals surface area contributed by atoms with Crippen LogP contribution in [0.3, 0.4) is 0 Å². The molecular formula is C18H18FN3O2. The highest BCUT2D eigenvalue weighted by Gasteiger charge is 2.14. The molecule has 1 N–H and O–H groups in total. The van der Waals surface area contributed by atoms with Gasteiger partial charge >= 0.3 is 0 Å². The van der Waals surface area contributed by atoms with Crippen LogP contribution in [0, 0.1) is 5.82 Å². The summed E-state index contributed by atoms with van der Waals surface area (Å²) in [4.78, 5) is 16.5. The number of hydrogen-bond donors (Lipinski definition) is 1.